The monoisotopic (exact) mass is 439 g/mol. The molecule has 0 aromatic heterocycles. The summed E-state index contributed by atoms with van der Waals surface area (Å²) < 4.78 is 12.4. The number of carbonyl (C=O) groups excluding carboxylic acids is 1. The summed E-state index contributed by atoms with van der Waals surface area (Å²) >= 11 is 3.42. The zero-order valence-electron chi connectivity index (χ0n) is 16.1. The number of benzene rings is 2. The van der Waals surface area contributed by atoms with E-state index in [-0.39, 0.29) is 23.2 Å². The number of hydrogen-bond donors (Lipinski definition) is 0. The Labute approximate surface area is 173 Å². The van der Waals surface area contributed by atoms with Crippen LogP contribution in [0.3, 0.4) is 0 Å². The molecule has 0 bridgehead atoms. The lowest BCUT2D eigenvalue weighted by Gasteiger charge is -2.13. The lowest BCUT2D eigenvalue weighted by molar-refractivity contribution is -0.149. The highest BCUT2D eigenvalue weighted by Crippen LogP contribution is 2.60. The standard InChI is InChI=1S/C23H22BrNO3/c1-15(24)12-19-21(23(19,2)3)22(26)28-20(14-25)16-8-7-11-18(13-16)27-17-9-5-4-6-10-17/h4-13,19-21H,1-3H3/b15-12+. The van der Waals surface area contributed by atoms with Gasteiger partial charge in [0.15, 0.2) is 0 Å². The average molecular weight is 440 g/mol. The van der Waals surface area contributed by atoms with E-state index in [1.807, 2.05) is 57.2 Å². The van der Waals surface area contributed by atoms with Crippen molar-refractivity contribution in [2.45, 2.75) is 26.9 Å². The maximum Gasteiger partial charge on any atom is 0.311 e. The number of halogens is 1. The van der Waals surface area contributed by atoms with Gasteiger partial charge in [-0.05, 0) is 47.0 Å². The lowest BCUT2D eigenvalue weighted by Crippen LogP contribution is -2.14. The van der Waals surface area contributed by atoms with Crippen LogP contribution in [0.1, 0.15) is 32.4 Å². The van der Waals surface area contributed by atoms with Gasteiger partial charge in [-0.25, -0.2) is 0 Å². The van der Waals surface area contributed by atoms with Crippen LogP contribution in [0.4, 0.5) is 0 Å². The first-order valence-corrected chi connectivity index (χ1v) is 9.89. The van der Waals surface area contributed by atoms with E-state index in [2.05, 4.69) is 22.0 Å². The molecule has 1 saturated carbocycles. The second-order valence-corrected chi connectivity index (χ2v) is 8.76. The maximum atomic E-state index is 12.7. The van der Waals surface area contributed by atoms with Crippen molar-refractivity contribution in [1.29, 1.82) is 5.26 Å². The van der Waals surface area contributed by atoms with E-state index >= 15 is 0 Å². The van der Waals surface area contributed by atoms with Crippen LogP contribution in [0.25, 0.3) is 0 Å². The summed E-state index contributed by atoms with van der Waals surface area (Å²) in [4.78, 5) is 12.7. The van der Waals surface area contributed by atoms with E-state index < -0.39 is 6.10 Å². The average Bonchev–Trinajstić information content (AvgIpc) is 3.20. The molecule has 4 nitrogen and oxygen atoms in total. The second-order valence-electron chi connectivity index (χ2n) is 7.51. The molecule has 0 radical (unpaired) electrons. The molecule has 3 rings (SSSR count). The molecule has 3 unspecified atom stereocenters. The first-order chi connectivity index (χ1) is 13.3. The number of nitrogens with zero attached hydrogens (tertiary/aromatic N) is 1. The van der Waals surface area contributed by atoms with Crippen molar-refractivity contribution in [3.8, 4) is 17.6 Å². The molecule has 2 aromatic rings. The van der Waals surface area contributed by atoms with Crippen LogP contribution in [0.15, 0.2) is 65.2 Å². The molecule has 28 heavy (non-hydrogen) atoms. The number of esters is 1. The van der Waals surface area contributed by atoms with Crippen molar-refractivity contribution in [2.75, 3.05) is 0 Å². The molecule has 0 N–H and O–H groups in total. The Morgan fingerprint density at radius 2 is 1.86 bits per heavy atom. The topological polar surface area (TPSA) is 59.3 Å². The number of ether oxygens (including phenoxy) is 2. The number of para-hydroxylation sites is 1. The quantitative estimate of drug-likeness (QED) is 0.505. The third-order valence-electron chi connectivity index (χ3n) is 5.06. The summed E-state index contributed by atoms with van der Waals surface area (Å²) in [5.41, 5.74) is 0.413. The number of allylic oxidation sites excluding steroid dienone is 2. The van der Waals surface area contributed by atoms with Gasteiger partial charge in [0.1, 0.15) is 17.6 Å². The minimum absolute atomic E-state index is 0.103. The van der Waals surface area contributed by atoms with Crippen LogP contribution in [-0.2, 0) is 9.53 Å². The molecule has 0 amide bonds. The Morgan fingerprint density at radius 3 is 2.50 bits per heavy atom. The third-order valence-corrected chi connectivity index (χ3v) is 5.33. The Bertz CT molecular complexity index is 926. The van der Waals surface area contributed by atoms with Gasteiger partial charge in [0.2, 0.25) is 6.10 Å². The highest BCUT2D eigenvalue weighted by atomic mass is 79.9. The molecule has 0 saturated heterocycles. The van der Waals surface area contributed by atoms with Gasteiger partial charge in [-0.2, -0.15) is 5.26 Å². The van der Waals surface area contributed by atoms with Gasteiger partial charge in [-0.15, -0.1) is 0 Å². The van der Waals surface area contributed by atoms with Crippen LogP contribution in [0.2, 0.25) is 0 Å². The van der Waals surface area contributed by atoms with Gasteiger partial charge in [0.05, 0.1) is 5.92 Å². The van der Waals surface area contributed by atoms with E-state index in [4.69, 9.17) is 9.47 Å². The van der Waals surface area contributed by atoms with E-state index in [1.54, 1.807) is 24.3 Å². The molecular formula is C23H22BrNO3. The normalized spacial score (nSPS) is 21.3. The Balaban J connectivity index is 1.72. The van der Waals surface area contributed by atoms with Crippen LogP contribution in [0, 0.1) is 28.6 Å². The van der Waals surface area contributed by atoms with Crippen molar-refractivity contribution in [3.05, 3.63) is 70.7 Å². The smallest absolute Gasteiger partial charge is 0.311 e. The SMILES string of the molecule is C/C(Br)=C\C1C(C(=O)OC(C#N)c2cccc(Oc3ccccc3)c2)C1(C)C. The number of hydrogen-bond acceptors (Lipinski definition) is 4. The zero-order chi connectivity index (χ0) is 20.3. The molecule has 0 aliphatic heterocycles. The summed E-state index contributed by atoms with van der Waals surface area (Å²) in [6.07, 6.45) is 1.06. The fourth-order valence-electron chi connectivity index (χ4n) is 3.41. The Kier molecular flexibility index (Phi) is 5.90. The van der Waals surface area contributed by atoms with E-state index in [0.717, 1.165) is 4.48 Å². The molecule has 2 aromatic carbocycles. The number of nitriles is 1. The van der Waals surface area contributed by atoms with Crippen molar-refractivity contribution >= 4 is 21.9 Å². The van der Waals surface area contributed by atoms with Crippen molar-refractivity contribution in [2.24, 2.45) is 17.3 Å². The van der Waals surface area contributed by atoms with Crippen LogP contribution in [-0.4, -0.2) is 5.97 Å². The predicted octanol–water partition coefficient (Wildman–Crippen LogP) is 6.16. The molecule has 1 aliphatic rings. The molecule has 1 fully saturated rings. The summed E-state index contributed by atoms with van der Waals surface area (Å²) in [6.45, 7) is 6.00. The minimum Gasteiger partial charge on any atom is -0.457 e. The fraction of sp³-hybridized carbons (Fsp3) is 0.304. The number of carbonyl (C=O) groups is 1. The summed E-state index contributed by atoms with van der Waals surface area (Å²) in [5.74, 6) is 0.791. The Morgan fingerprint density at radius 1 is 1.18 bits per heavy atom. The van der Waals surface area contributed by atoms with Gasteiger partial charge in [0, 0.05) is 5.56 Å². The summed E-state index contributed by atoms with van der Waals surface area (Å²) in [7, 11) is 0. The highest BCUT2D eigenvalue weighted by molar-refractivity contribution is 9.11. The van der Waals surface area contributed by atoms with Gasteiger partial charge in [0.25, 0.3) is 0 Å². The second kappa shape index (κ2) is 8.20. The zero-order valence-corrected chi connectivity index (χ0v) is 17.6. The highest BCUT2D eigenvalue weighted by Gasteiger charge is 2.61. The fourth-order valence-corrected chi connectivity index (χ4v) is 3.70. The third kappa shape index (κ3) is 4.45. The first-order valence-electron chi connectivity index (χ1n) is 9.10. The molecule has 5 heteroatoms. The van der Waals surface area contributed by atoms with E-state index in [9.17, 15) is 10.1 Å². The predicted molar refractivity (Wildman–Crippen MR) is 111 cm³/mol. The van der Waals surface area contributed by atoms with Gasteiger partial charge in [-0.1, -0.05) is 66.2 Å². The van der Waals surface area contributed by atoms with Crippen molar-refractivity contribution in [3.63, 3.8) is 0 Å². The largest absolute Gasteiger partial charge is 0.457 e. The molecule has 3 atom stereocenters. The van der Waals surface area contributed by atoms with Gasteiger partial charge >= 0.3 is 5.97 Å². The van der Waals surface area contributed by atoms with Crippen molar-refractivity contribution < 1.29 is 14.3 Å². The molecule has 0 spiro atoms. The molecule has 144 valence electrons. The summed E-state index contributed by atoms with van der Waals surface area (Å²) in [5, 5.41) is 9.57. The Hall–Kier alpha value is -2.58. The minimum atomic E-state index is -0.974. The van der Waals surface area contributed by atoms with Gasteiger partial charge in [-0.3, -0.25) is 4.79 Å². The number of rotatable bonds is 6. The van der Waals surface area contributed by atoms with E-state index in [0.29, 0.717) is 17.1 Å². The molecule has 0 heterocycles. The van der Waals surface area contributed by atoms with E-state index in [1.165, 1.54) is 0 Å². The molecule has 1 aliphatic carbocycles. The van der Waals surface area contributed by atoms with Crippen LogP contribution < -0.4 is 4.74 Å². The lowest BCUT2D eigenvalue weighted by atomic mass is 10.1. The van der Waals surface area contributed by atoms with Gasteiger partial charge < -0.3 is 9.47 Å². The maximum absolute atomic E-state index is 12.7. The first kappa shape index (κ1) is 20.2. The van der Waals surface area contributed by atoms with Crippen molar-refractivity contribution in [1.82, 2.24) is 0 Å². The molecular weight excluding hydrogens is 418 g/mol. The van der Waals surface area contributed by atoms with Crippen LogP contribution >= 0.6 is 15.9 Å². The van der Waals surface area contributed by atoms with Crippen LogP contribution in [0.5, 0.6) is 11.5 Å². The summed E-state index contributed by atoms with van der Waals surface area (Å²) in [6, 6.07) is 18.5.